The van der Waals surface area contributed by atoms with Gasteiger partial charge in [-0.3, -0.25) is 0 Å². The van der Waals surface area contributed by atoms with Crippen LogP contribution in [0, 0.1) is 6.58 Å². The van der Waals surface area contributed by atoms with Gasteiger partial charge >= 0.3 is 0 Å². The van der Waals surface area contributed by atoms with Gasteiger partial charge in [0.05, 0.1) is 0 Å². The van der Waals surface area contributed by atoms with Gasteiger partial charge in [0, 0.05) is 11.6 Å². The van der Waals surface area contributed by atoms with Crippen LogP contribution in [0.4, 0.5) is 0 Å². The van der Waals surface area contributed by atoms with Gasteiger partial charge in [-0.15, -0.1) is 0 Å². The van der Waals surface area contributed by atoms with Crippen molar-refractivity contribution in [3.8, 4) is 0 Å². The first-order valence-corrected chi connectivity index (χ1v) is 1.90. The van der Waals surface area contributed by atoms with Crippen molar-refractivity contribution in [2.75, 3.05) is 0 Å². The van der Waals surface area contributed by atoms with Crippen LogP contribution in [-0.4, -0.2) is 13.4 Å². The molecule has 0 aromatic heterocycles. The Balaban J connectivity index is 5.08. The summed E-state index contributed by atoms with van der Waals surface area (Å²) in [6, 6.07) is 0. The summed E-state index contributed by atoms with van der Waals surface area (Å²) in [7, 11) is -2.29. The topological polar surface area (TPSA) is 34.1 Å². The summed E-state index contributed by atoms with van der Waals surface area (Å²) in [5.41, 5.74) is 0. The Morgan fingerprint density at radius 1 is 1.60 bits per heavy atom. The highest BCUT2D eigenvalue weighted by Gasteiger charge is 1.39. The van der Waals surface area contributed by atoms with E-state index in [0.29, 0.717) is 0 Å². The van der Waals surface area contributed by atoms with Crippen molar-refractivity contribution in [1.82, 2.24) is 0 Å². The molecule has 0 rings (SSSR count). The van der Waals surface area contributed by atoms with Gasteiger partial charge in [-0.05, 0) is 0 Å². The zero-order chi connectivity index (χ0) is 4.28. The second-order valence-electron chi connectivity index (χ2n) is 0.353. The molecule has 0 bridgehead atoms. The Hall–Kier alpha value is -0.530. The minimum absolute atomic E-state index is 1.44. The van der Waals surface area contributed by atoms with Crippen molar-refractivity contribution in [3.05, 3.63) is 6.58 Å². The van der Waals surface area contributed by atoms with Gasteiger partial charge in [-0.2, -0.15) is 8.42 Å². The van der Waals surface area contributed by atoms with Crippen LogP contribution >= 0.6 is 0 Å². The van der Waals surface area contributed by atoms with E-state index in [2.05, 4.69) is 6.58 Å². The Kier molecular flexibility index (Phi) is 1.57. The van der Waals surface area contributed by atoms with Crippen LogP contribution in [0.5, 0.6) is 0 Å². The molecule has 0 aromatic rings. The number of rotatable bonds is 0. The summed E-state index contributed by atoms with van der Waals surface area (Å²) in [4.78, 5) is 0. The highest BCUT2D eigenvalue weighted by Crippen LogP contribution is 1.17. The molecule has 3 heteroatoms. The third-order valence-corrected chi connectivity index (χ3v) is 0.289. The summed E-state index contributed by atoms with van der Waals surface area (Å²) in [6.45, 7) is 4.31. The van der Waals surface area contributed by atoms with E-state index in [9.17, 15) is 0 Å². The average molecular weight is 89.1 g/mol. The number of hydrogen-bond donors (Lipinski definition) is 0. The molecule has 0 spiro atoms. The molecule has 0 unspecified atom stereocenters. The van der Waals surface area contributed by atoms with E-state index in [4.69, 9.17) is 8.42 Å². The van der Waals surface area contributed by atoms with Crippen LogP contribution in [0.2, 0.25) is 0 Å². The first-order valence-electron chi connectivity index (χ1n) is 0.826. The van der Waals surface area contributed by atoms with E-state index in [1.165, 1.54) is 5.02 Å². The van der Waals surface area contributed by atoms with Crippen molar-refractivity contribution in [1.29, 1.82) is 0 Å². The SMILES string of the molecule is [CH]=C=S(=O)=O. The summed E-state index contributed by atoms with van der Waals surface area (Å²) in [5.74, 6) is 0. The normalized spacial score (nSPS) is 5.60. The molecule has 0 aliphatic rings. The number of hydrogen-bond acceptors (Lipinski definition) is 2. The van der Waals surface area contributed by atoms with Crippen LogP contribution in [0.15, 0.2) is 0 Å². The maximum Gasteiger partial charge on any atom is 0.260 e. The minimum atomic E-state index is -2.29. The maximum absolute atomic E-state index is 9.13. The molecule has 27 valence electrons. The molecule has 0 aliphatic carbocycles. The van der Waals surface area contributed by atoms with E-state index in [-0.39, 0.29) is 0 Å². The standard InChI is InChI=1S/C2HO2S/c1-2-5(3)4/h1H. The monoisotopic (exact) mass is 89.0 g/mol. The molecule has 0 aromatic carbocycles. The first kappa shape index (κ1) is 4.47. The van der Waals surface area contributed by atoms with Gasteiger partial charge in [0.25, 0.3) is 10.3 Å². The lowest BCUT2D eigenvalue weighted by Crippen LogP contribution is -1.46. The fraction of sp³-hybridized carbons (Fsp3) is 0. The molecule has 0 atom stereocenters. The van der Waals surface area contributed by atoms with Crippen molar-refractivity contribution in [2.45, 2.75) is 0 Å². The first-order chi connectivity index (χ1) is 2.27. The van der Waals surface area contributed by atoms with Crippen molar-refractivity contribution in [2.24, 2.45) is 0 Å². The molecule has 0 fully saturated rings. The van der Waals surface area contributed by atoms with E-state index < -0.39 is 10.3 Å². The van der Waals surface area contributed by atoms with E-state index in [0.717, 1.165) is 0 Å². The molecular formula is C2HO2S. The fourth-order valence-corrected chi connectivity index (χ4v) is 0. The zero-order valence-electron chi connectivity index (χ0n) is 2.30. The third kappa shape index (κ3) is 3.47. The summed E-state index contributed by atoms with van der Waals surface area (Å²) < 4.78 is 18.3. The van der Waals surface area contributed by atoms with E-state index in [1.807, 2.05) is 0 Å². The van der Waals surface area contributed by atoms with Crippen molar-refractivity contribution in [3.63, 3.8) is 0 Å². The van der Waals surface area contributed by atoms with E-state index in [1.54, 1.807) is 0 Å². The molecule has 0 saturated carbocycles. The van der Waals surface area contributed by atoms with Gasteiger partial charge in [0.1, 0.15) is 0 Å². The highest BCUT2D eigenvalue weighted by molar-refractivity contribution is 7.70. The smallest absolute Gasteiger partial charge is 0.176 e. The van der Waals surface area contributed by atoms with Crippen molar-refractivity contribution >= 4 is 15.3 Å². The molecule has 2 nitrogen and oxygen atoms in total. The lowest BCUT2D eigenvalue weighted by molar-refractivity contribution is 0.627. The summed E-state index contributed by atoms with van der Waals surface area (Å²) in [6.07, 6.45) is 0. The summed E-state index contributed by atoms with van der Waals surface area (Å²) >= 11 is 0. The van der Waals surface area contributed by atoms with Gasteiger partial charge in [0.2, 0.25) is 0 Å². The molecule has 0 saturated heterocycles. The van der Waals surface area contributed by atoms with E-state index >= 15 is 0 Å². The lowest BCUT2D eigenvalue weighted by Gasteiger charge is -1.25. The largest absolute Gasteiger partial charge is 0.260 e. The predicted octanol–water partition coefficient (Wildman–Crippen LogP) is -0.744. The Labute approximate surface area is 31.3 Å². The van der Waals surface area contributed by atoms with Crippen LogP contribution in [0.25, 0.3) is 0 Å². The fourth-order valence-electron chi connectivity index (χ4n) is 0. The lowest BCUT2D eigenvalue weighted by atomic mass is 11.3. The maximum atomic E-state index is 9.13. The van der Waals surface area contributed by atoms with Crippen LogP contribution in [-0.2, 0) is 10.3 Å². The molecule has 0 heterocycles. The van der Waals surface area contributed by atoms with Crippen LogP contribution < -0.4 is 0 Å². The Morgan fingerprint density at radius 2 is 1.80 bits per heavy atom. The second kappa shape index (κ2) is 1.76. The second-order valence-corrected chi connectivity index (χ2v) is 1.06. The van der Waals surface area contributed by atoms with Gasteiger partial charge in [-0.1, -0.05) is 0 Å². The highest BCUT2D eigenvalue weighted by atomic mass is 32.2. The minimum Gasteiger partial charge on any atom is -0.176 e. The molecule has 0 aliphatic heterocycles. The van der Waals surface area contributed by atoms with Crippen LogP contribution in [0.3, 0.4) is 0 Å². The van der Waals surface area contributed by atoms with Gasteiger partial charge in [0.15, 0.2) is 0 Å². The Bertz CT molecular complexity index is 138. The van der Waals surface area contributed by atoms with Crippen LogP contribution in [0.1, 0.15) is 0 Å². The van der Waals surface area contributed by atoms with Crippen molar-refractivity contribution < 1.29 is 8.42 Å². The molecular weight excluding hydrogens is 88.1 g/mol. The third-order valence-electron chi connectivity index (χ3n) is 0.0962. The van der Waals surface area contributed by atoms with Gasteiger partial charge in [-0.25, -0.2) is 0 Å². The molecule has 1 radical (unpaired) electrons. The molecule has 0 amide bonds. The molecule has 0 N–H and O–H groups in total. The zero-order valence-corrected chi connectivity index (χ0v) is 3.12. The quantitative estimate of drug-likeness (QED) is 0.366. The summed E-state index contributed by atoms with van der Waals surface area (Å²) in [5, 5.41) is 1.44. The predicted molar refractivity (Wildman–Crippen MR) is 18.2 cm³/mol. The Morgan fingerprint density at radius 3 is 1.80 bits per heavy atom. The average Bonchev–Trinajstić information content (AvgIpc) is 1.38. The van der Waals surface area contributed by atoms with Gasteiger partial charge < -0.3 is 0 Å². The molecule has 5 heavy (non-hydrogen) atoms.